The van der Waals surface area contributed by atoms with Crippen LogP contribution >= 0.6 is 22.6 Å². The molecule has 0 saturated carbocycles. The third-order valence-corrected chi connectivity index (χ3v) is 3.47. The monoisotopic (exact) mass is 310 g/mol. The van der Waals surface area contributed by atoms with Crippen molar-refractivity contribution in [2.45, 2.75) is 20.3 Å². The van der Waals surface area contributed by atoms with Crippen LogP contribution in [0.5, 0.6) is 0 Å². The van der Waals surface area contributed by atoms with Gasteiger partial charge in [0.25, 0.3) is 0 Å². The molecule has 15 heavy (non-hydrogen) atoms. The zero-order valence-corrected chi connectivity index (χ0v) is 11.3. The van der Waals surface area contributed by atoms with Gasteiger partial charge in [-0.05, 0) is 57.3 Å². The second-order valence-corrected chi connectivity index (χ2v) is 5.52. The number of fused-ring (bicyclic) bond motifs is 1. The Hall–Kier alpha value is -0.570. The molecule has 0 atom stereocenters. The molecule has 0 spiro atoms. The Labute approximate surface area is 105 Å². The Kier molecular flexibility index (Phi) is 3.29. The minimum absolute atomic E-state index is 0.714. The Balaban J connectivity index is 2.63. The first-order chi connectivity index (χ1) is 7.18. The van der Waals surface area contributed by atoms with Gasteiger partial charge in [-0.3, -0.25) is 0 Å². The van der Waals surface area contributed by atoms with E-state index in [2.05, 4.69) is 72.8 Å². The van der Waals surface area contributed by atoms with E-state index in [0.29, 0.717) is 5.92 Å². The fourth-order valence-corrected chi connectivity index (χ4v) is 2.85. The van der Waals surface area contributed by atoms with E-state index in [0.717, 1.165) is 6.42 Å². The molecule has 0 heterocycles. The number of hydrogen-bond acceptors (Lipinski definition) is 0. The first-order valence-electron chi connectivity index (χ1n) is 5.34. The molecule has 0 aromatic heterocycles. The molecule has 2 aromatic carbocycles. The molecule has 0 aliphatic carbocycles. The van der Waals surface area contributed by atoms with Crippen molar-refractivity contribution in [3.63, 3.8) is 0 Å². The maximum atomic E-state index is 2.43. The van der Waals surface area contributed by atoms with Crippen LogP contribution in [-0.4, -0.2) is 0 Å². The SMILES string of the molecule is CC(C)Cc1cccc2cccc(I)c12. The van der Waals surface area contributed by atoms with E-state index >= 15 is 0 Å². The van der Waals surface area contributed by atoms with E-state index in [9.17, 15) is 0 Å². The van der Waals surface area contributed by atoms with Crippen molar-refractivity contribution in [2.75, 3.05) is 0 Å². The molecular weight excluding hydrogens is 295 g/mol. The Morgan fingerprint density at radius 2 is 1.73 bits per heavy atom. The molecular formula is C14H15I. The van der Waals surface area contributed by atoms with Gasteiger partial charge in [-0.15, -0.1) is 0 Å². The lowest BCUT2D eigenvalue weighted by atomic mass is 9.97. The molecule has 0 unspecified atom stereocenters. The van der Waals surface area contributed by atoms with Gasteiger partial charge in [0.15, 0.2) is 0 Å². The van der Waals surface area contributed by atoms with Crippen molar-refractivity contribution in [3.05, 3.63) is 45.5 Å². The second kappa shape index (κ2) is 4.52. The highest BCUT2D eigenvalue weighted by atomic mass is 127. The Bertz CT molecular complexity index is 466. The van der Waals surface area contributed by atoms with Gasteiger partial charge in [0, 0.05) is 3.57 Å². The van der Waals surface area contributed by atoms with Crippen LogP contribution in [0.2, 0.25) is 0 Å². The van der Waals surface area contributed by atoms with E-state index in [1.807, 2.05) is 0 Å². The summed E-state index contributed by atoms with van der Waals surface area (Å²) in [5.41, 5.74) is 1.48. The molecule has 2 rings (SSSR count). The van der Waals surface area contributed by atoms with Crippen LogP contribution in [0.4, 0.5) is 0 Å². The molecule has 0 N–H and O–H groups in total. The zero-order chi connectivity index (χ0) is 10.8. The molecule has 0 amide bonds. The van der Waals surface area contributed by atoms with Crippen molar-refractivity contribution >= 4 is 33.4 Å². The standard InChI is InChI=1S/C14H15I/c1-10(2)9-12-7-3-5-11-6-4-8-13(15)14(11)12/h3-8,10H,9H2,1-2H3. The number of hydrogen-bond donors (Lipinski definition) is 0. The normalized spacial score (nSPS) is 11.2. The molecule has 2 aromatic rings. The van der Waals surface area contributed by atoms with E-state index in [1.54, 1.807) is 0 Å². The van der Waals surface area contributed by atoms with Gasteiger partial charge in [-0.1, -0.05) is 44.2 Å². The first kappa shape index (κ1) is 10.9. The molecule has 78 valence electrons. The zero-order valence-electron chi connectivity index (χ0n) is 9.13. The molecule has 0 aliphatic heterocycles. The van der Waals surface area contributed by atoms with Crippen LogP contribution in [0.15, 0.2) is 36.4 Å². The van der Waals surface area contributed by atoms with E-state index in [1.165, 1.54) is 19.9 Å². The van der Waals surface area contributed by atoms with Gasteiger partial charge in [0.05, 0.1) is 0 Å². The topological polar surface area (TPSA) is 0 Å². The number of benzene rings is 2. The van der Waals surface area contributed by atoms with Crippen molar-refractivity contribution in [2.24, 2.45) is 5.92 Å². The lowest BCUT2D eigenvalue weighted by Gasteiger charge is -2.10. The van der Waals surface area contributed by atoms with E-state index in [-0.39, 0.29) is 0 Å². The molecule has 0 nitrogen and oxygen atoms in total. The summed E-state index contributed by atoms with van der Waals surface area (Å²) in [7, 11) is 0. The summed E-state index contributed by atoms with van der Waals surface area (Å²) >= 11 is 2.43. The summed E-state index contributed by atoms with van der Waals surface area (Å²) < 4.78 is 1.36. The van der Waals surface area contributed by atoms with Crippen LogP contribution < -0.4 is 0 Å². The Morgan fingerprint density at radius 3 is 2.40 bits per heavy atom. The maximum absolute atomic E-state index is 2.43. The third kappa shape index (κ3) is 2.33. The van der Waals surface area contributed by atoms with Gasteiger partial charge in [-0.2, -0.15) is 0 Å². The van der Waals surface area contributed by atoms with Crippen LogP contribution in [0, 0.1) is 9.49 Å². The summed E-state index contributed by atoms with van der Waals surface area (Å²) in [5, 5.41) is 2.80. The maximum Gasteiger partial charge on any atom is 0.0211 e. The highest BCUT2D eigenvalue weighted by molar-refractivity contribution is 14.1. The smallest absolute Gasteiger partial charge is 0.0211 e. The van der Waals surface area contributed by atoms with Gasteiger partial charge >= 0.3 is 0 Å². The number of halogens is 1. The Morgan fingerprint density at radius 1 is 1.07 bits per heavy atom. The van der Waals surface area contributed by atoms with Gasteiger partial charge in [0.2, 0.25) is 0 Å². The van der Waals surface area contributed by atoms with Gasteiger partial charge in [0.1, 0.15) is 0 Å². The second-order valence-electron chi connectivity index (χ2n) is 4.35. The molecule has 1 heteroatoms. The lowest BCUT2D eigenvalue weighted by Crippen LogP contribution is -1.95. The van der Waals surface area contributed by atoms with Gasteiger partial charge in [-0.25, -0.2) is 0 Å². The first-order valence-corrected chi connectivity index (χ1v) is 6.42. The van der Waals surface area contributed by atoms with Crippen LogP contribution in [0.1, 0.15) is 19.4 Å². The summed E-state index contributed by atoms with van der Waals surface area (Å²) in [6.45, 7) is 4.54. The van der Waals surface area contributed by atoms with Crippen LogP contribution in [0.25, 0.3) is 10.8 Å². The van der Waals surface area contributed by atoms with Crippen molar-refractivity contribution in [1.82, 2.24) is 0 Å². The molecule has 0 bridgehead atoms. The molecule has 0 saturated heterocycles. The highest BCUT2D eigenvalue weighted by Gasteiger charge is 2.05. The summed E-state index contributed by atoms with van der Waals surface area (Å²) in [6, 6.07) is 13.1. The quantitative estimate of drug-likeness (QED) is 0.709. The molecule has 0 radical (unpaired) electrons. The van der Waals surface area contributed by atoms with E-state index < -0.39 is 0 Å². The fraction of sp³-hybridized carbons (Fsp3) is 0.286. The minimum atomic E-state index is 0.714. The average Bonchev–Trinajstić information content (AvgIpc) is 2.17. The van der Waals surface area contributed by atoms with Crippen LogP contribution in [0.3, 0.4) is 0 Å². The lowest BCUT2D eigenvalue weighted by molar-refractivity contribution is 0.650. The third-order valence-electron chi connectivity index (χ3n) is 2.57. The van der Waals surface area contributed by atoms with E-state index in [4.69, 9.17) is 0 Å². The molecule has 0 aliphatic rings. The summed E-state index contributed by atoms with van der Waals surface area (Å²) in [5.74, 6) is 0.714. The van der Waals surface area contributed by atoms with Gasteiger partial charge < -0.3 is 0 Å². The minimum Gasteiger partial charge on any atom is -0.0625 e. The van der Waals surface area contributed by atoms with Crippen molar-refractivity contribution in [1.29, 1.82) is 0 Å². The predicted molar refractivity (Wildman–Crippen MR) is 75.2 cm³/mol. The van der Waals surface area contributed by atoms with Crippen molar-refractivity contribution < 1.29 is 0 Å². The molecule has 0 fully saturated rings. The van der Waals surface area contributed by atoms with Crippen molar-refractivity contribution in [3.8, 4) is 0 Å². The number of rotatable bonds is 2. The summed E-state index contributed by atoms with van der Waals surface area (Å²) in [4.78, 5) is 0. The predicted octanol–water partition coefficient (Wildman–Crippen LogP) is 4.64. The van der Waals surface area contributed by atoms with Crippen LogP contribution in [-0.2, 0) is 6.42 Å². The fourth-order valence-electron chi connectivity index (χ4n) is 1.98. The largest absolute Gasteiger partial charge is 0.0625 e. The summed E-state index contributed by atoms with van der Waals surface area (Å²) in [6.07, 6.45) is 1.16. The highest BCUT2D eigenvalue weighted by Crippen LogP contribution is 2.26. The average molecular weight is 310 g/mol.